The molecule has 0 fully saturated rings. The SMILES string of the molecule is CCOC(C)c1cc(Cc2nc3ccc(Br)cc3s2)nc(S(=O)(=O)Cc2ccccc2)n1. The maximum atomic E-state index is 13.1. The zero-order valence-electron chi connectivity index (χ0n) is 17.7. The van der Waals surface area contributed by atoms with E-state index in [1.807, 2.05) is 56.3 Å². The smallest absolute Gasteiger partial charge is 0.247 e. The first-order chi connectivity index (χ1) is 15.3. The van der Waals surface area contributed by atoms with Crippen molar-refractivity contribution in [1.29, 1.82) is 0 Å². The van der Waals surface area contributed by atoms with E-state index in [1.54, 1.807) is 23.5 Å². The van der Waals surface area contributed by atoms with Crippen LogP contribution in [-0.2, 0) is 26.7 Å². The van der Waals surface area contributed by atoms with Crippen LogP contribution in [0.25, 0.3) is 10.2 Å². The van der Waals surface area contributed by atoms with Crippen LogP contribution >= 0.6 is 27.3 Å². The number of halogens is 1. The van der Waals surface area contributed by atoms with Crippen molar-refractivity contribution in [3.05, 3.63) is 81.0 Å². The highest BCUT2D eigenvalue weighted by Gasteiger charge is 2.23. The minimum Gasteiger partial charge on any atom is -0.372 e. The normalized spacial score (nSPS) is 12.8. The second kappa shape index (κ2) is 9.74. The summed E-state index contributed by atoms with van der Waals surface area (Å²) in [6, 6.07) is 16.8. The van der Waals surface area contributed by atoms with Crippen molar-refractivity contribution >= 4 is 47.3 Å². The van der Waals surface area contributed by atoms with Gasteiger partial charge in [-0.05, 0) is 43.7 Å². The average molecular weight is 532 g/mol. The fraction of sp³-hybridized carbons (Fsp3) is 0.261. The summed E-state index contributed by atoms with van der Waals surface area (Å²) in [4.78, 5) is 13.5. The maximum Gasteiger partial charge on any atom is 0.247 e. The number of rotatable bonds is 8. The Balaban J connectivity index is 1.71. The van der Waals surface area contributed by atoms with E-state index in [1.165, 1.54) is 0 Å². The van der Waals surface area contributed by atoms with Gasteiger partial charge in [-0.3, -0.25) is 0 Å². The topological polar surface area (TPSA) is 82.0 Å². The van der Waals surface area contributed by atoms with Crippen LogP contribution in [0.2, 0.25) is 0 Å². The number of benzene rings is 2. The van der Waals surface area contributed by atoms with Crippen LogP contribution in [0.1, 0.15) is 41.9 Å². The summed E-state index contributed by atoms with van der Waals surface area (Å²) >= 11 is 5.05. The highest BCUT2D eigenvalue weighted by atomic mass is 79.9. The number of aromatic nitrogens is 3. The Morgan fingerprint density at radius 3 is 2.59 bits per heavy atom. The summed E-state index contributed by atoms with van der Waals surface area (Å²) in [6.45, 7) is 4.25. The van der Waals surface area contributed by atoms with Crippen LogP contribution in [-0.4, -0.2) is 30.0 Å². The third-order valence-corrected chi connectivity index (χ3v) is 7.78. The van der Waals surface area contributed by atoms with E-state index in [2.05, 4.69) is 30.9 Å². The van der Waals surface area contributed by atoms with Crippen LogP contribution in [0, 0.1) is 0 Å². The molecule has 4 rings (SSSR count). The van der Waals surface area contributed by atoms with Gasteiger partial charge in [0.1, 0.15) is 0 Å². The van der Waals surface area contributed by atoms with Gasteiger partial charge in [0.2, 0.25) is 15.0 Å². The average Bonchev–Trinajstić information content (AvgIpc) is 3.15. The molecule has 0 N–H and O–H groups in total. The minimum absolute atomic E-state index is 0.158. The summed E-state index contributed by atoms with van der Waals surface area (Å²) in [5.41, 5.74) is 2.75. The van der Waals surface area contributed by atoms with Gasteiger partial charge in [0.15, 0.2) is 0 Å². The van der Waals surface area contributed by atoms with E-state index < -0.39 is 9.84 Å². The summed E-state index contributed by atoms with van der Waals surface area (Å²) < 4.78 is 34.0. The number of ether oxygens (including phenoxy) is 1. The van der Waals surface area contributed by atoms with Gasteiger partial charge in [0.25, 0.3) is 0 Å². The van der Waals surface area contributed by atoms with Crippen molar-refractivity contribution < 1.29 is 13.2 Å². The third kappa shape index (κ3) is 5.40. The van der Waals surface area contributed by atoms with Gasteiger partial charge in [-0.15, -0.1) is 11.3 Å². The molecule has 1 atom stereocenters. The molecule has 4 aromatic rings. The molecule has 0 radical (unpaired) electrons. The van der Waals surface area contributed by atoms with Gasteiger partial charge in [-0.1, -0.05) is 46.3 Å². The number of sulfone groups is 1. The monoisotopic (exact) mass is 531 g/mol. The first kappa shape index (κ1) is 23.0. The van der Waals surface area contributed by atoms with Gasteiger partial charge in [0, 0.05) is 17.5 Å². The lowest BCUT2D eigenvalue weighted by Gasteiger charge is -2.14. The van der Waals surface area contributed by atoms with Crippen molar-refractivity contribution in [1.82, 2.24) is 15.0 Å². The van der Waals surface area contributed by atoms with Crippen molar-refractivity contribution in [2.75, 3.05) is 6.61 Å². The van der Waals surface area contributed by atoms with Crippen LogP contribution in [0.5, 0.6) is 0 Å². The molecule has 0 bridgehead atoms. The molecule has 2 heterocycles. The van der Waals surface area contributed by atoms with E-state index in [4.69, 9.17) is 4.74 Å². The molecular formula is C23H22BrN3O3S2. The van der Waals surface area contributed by atoms with Gasteiger partial charge < -0.3 is 4.74 Å². The van der Waals surface area contributed by atoms with Crippen molar-refractivity contribution in [3.63, 3.8) is 0 Å². The second-order valence-electron chi connectivity index (χ2n) is 7.31. The largest absolute Gasteiger partial charge is 0.372 e. The summed E-state index contributed by atoms with van der Waals surface area (Å²) in [5.74, 6) is -0.158. The molecule has 0 aliphatic carbocycles. The Hall–Kier alpha value is -2.20. The Labute approximate surface area is 199 Å². The van der Waals surface area contributed by atoms with Crippen molar-refractivity contribution in [2.24, 2.45) is 0 Å². The summed E-state index contributed by atoms with van der Waals surface area (Å²) in [7, 11) is -3.73. The van der Waals surface area contributed by atoms with E-state index >= 15 is 0 Å². The minimum atomic E-state index is -3.73. The molecule has 0 aliphatic heterocycles. The zero-order chi connectivity index (χ0) is 22.7. The molecule has 1 unspecified atom stereocenters. The Kier molecular flexibility index (Phi) is 6.99. The van der Waals surface area contributed by atoms with Crippen LogP contribution < -0.4 is 0 Å². The molecular weight excluding hydrogens is 510 g/mol. The van der Waals surface area contributed by atoms with E-state index in [0.717, 1.165) is 19.7 Å². The quantitative estimate of drug-likeness (QED) is 0.279. The number of nitrogens with zero attached hydrogens (tertiary/aromatic N) is 3. The van der Waals surface area contributed by atoms with E-state index in [-0.39, 0.29) is 17.0 Å². The molecule has 6 nitrogen and oxygen atoms in total. The highest BCUT2D eigenvalue weighted by molar-refractivity contribution is 9.10. The van der Waals surface area contributed by atoms with Crippen molar-refractivity contribution in [3.8, 4) is 0 Å². The van der Waals surface area contributed by atoms with Crippen LogP contribution in [0.3, 0.4) is 0 Å². The second-order valence-corrected chi connectivity index (χ2v) is 11.2. The summed E-state index contributed by atoms with van der Waals surface area (Å²) in [5, 5.41) is 0.683. The molecule has 0 saturated heterocycles. The van der Waals surface area contributed by atoms with Crippen molar-refractivity contribution in [2.45, 2.75) is 37.3 Å². The van der Waals surface area contributed by atoms with Gasteiger partial charge >= 0.3 is 0 Å². The molecule has 32 heavy (non-hydrogen) atoms. The van der Waals surface area contributed by atoms with E-state index in [9.17, 15) is 8.42 Å². The van der Waals surface area contributed by atoms with Gasteiger partial charge in [-0.25, -0.2) is 23.4 Å². The first-order valence-electron chi connectivity index (χ1n) is 10.1. The fourth-order valence-electron chi connectivity index (χ4n) is 3.30. The number of fused-ring (bicyclic) bond motifs is 1. The number of thiazole rings is 1. The predicted octanol–water partition coefficient (Wildman–Crippen LogP) is 5.51. The fourth-order valence-corrected chi connectivity index (χ4v) is 6.10. The molecule has 0 aliphatic rings. The summed E-state index contributed by atoms with van der Waals surface area (Å²) in [6.07, 6.45) is 0.0675. The Morgan fingerprint density at radius 2 is 1.84 bits per heavy atom. The standard InChI is InChI=1S/C23H22BrN3O3S2/c1-3-30-15(2)20-12-18(13-22-26-19-10-9-17(24)11-21(19)31-22)25-23(27-20)32(28,29)14-16-7-5-4-6-8-16/h4-12,15H,3,13-14H2,1-2H3. The number of hydrogen-bond acceptors (Lipinski definition) is 7. The molecule has 2 aromatic carbocycles. The Bertz CT molecular complexity index is 1340. The lowest BCUT2D eigenvalue weighted by Crippen LogP contribution is -2.14. The van der Waals surface area contributed by atoms with Crippen LogP contribution in [0.4, 0.5) is 0 Å². The van der Waals surface area contributed by atoms with Crippen LogP contribution in [0.15, 0.2) is 64.2 Å². The Morgan fingerprint density at radius 1 is 1.06 bits per heavy atom. The molecule has 0 saturated carbocycles. The molecule has 166 valence electrons. The van der Waals surface area contributed by atoms with Gasteiger partial charge in [-0.2, -0.15) is 0 Å². The third-order valence-electron chi connectivity index (χ3n) is 4.82. The molecule has 0 spiro atoms. The predicted molar refractivity (Wildman–Crippen MR) is 130 cm³/mol. The molecule has 2 aromatic heterocycles. The maximum absolute atomic E-state index is 13.1. The first-order valence-corrected chi connectivity index (χ1v) is 13.4. The molecule has 0 amide bonds. The lowest BCUT2D eigenvalue weighted by molar-refractivity contribution is 0.0727. The molecule has 9 heteroatoms. The van der Waals surface area contributed by atoms with E-state index in [0.29, 0.717) is 30.0 Å². The van der Waals surface area contributed by atoms with Gasteiger partial charge in [0.05, 0.1) is 38.5 Å². The zero-order valence-corrected chi connectivity index (χ0v) is 20.9. The number of hydrogen-bond donors (Lipinski definition) is 0. The highest BCUT2D eigenvalue weighted by Crippen LogP contribution is 2.27. The lowest BCUT2D eigenvalue weighted by atomic mass is 10.2.